The van der Waals surface area contributed by atoms with Gasteiger partial charge in [0.25, 0.3) is 0 Å². The van der Waals surface area contributed by atoms with Crippen LogP contribution in [0.4, 0.5) is 0 Å². The molecule has 0 spiro atoms. The lowest BCUT2D eigenvalue weighted by atomic mass is 10.2. The minimum atomic E-state index is 0.445. The smallest absolute Gasteiger partial charge is 0.0730 e. The topological polar surface area (TPSA) is 21.7 Å². The highest BCUT2D eigenvalue weighted by atomic mass is 16.7. The molecular formula is C8H15NO2. The standard InChI is InChI=1S/C8H15NO2/c1-2-10-9-5-7-3-4-8(6-9)11-7/h7-8H,2-6H2,1H3. The van der Waals surface area contributed by atoms with Gasteiger partial charge in [-0.15, -0.1) is 0 Å². The Morgan fingerprint density at radius 3 is 2.55 bits per heavy atom. The molecule has 2 unspecified atom stereocenters. The third-order valence-corrected chi connectivity index (χ3v) is 2.32. The molecule has 2 bridgehead atoms. The van der Waals surface area contributed by atoms with Crippen molar-refractivity contribution in [3.63, 3.8) is 0 Å². The van der Waals surface area contributed by atoms with Crippen molar-refractivity contribution in [3.8, 4) is 0 Å². The van der Waals surface area contributed by atoms with E-state index in [1.165, 1.54) is 12.8 Å². The fourth-order valence-electron chi connectivity index (χ4n) is 1.87. The zero-order chi connectivity index (χ0) is 7.68. The first-order valence-corrected chi connectivity index (χ1v) is 4.42. The Labute approximate surface area is 67.2 Å². The predicted octanol–water partition coefficient (Wildman–Crippen LogP) is 0.801. The largest absolute Gasteiger partial charge is 0.372 e. The van der Waals surface area contributed by atoms with Crippen molar-refractivity contribution in [2.75, 3.05) is 19.7 Å². The summed E-state index contributed by atoms with van der Waals surface area (Å²) in [5.74, 6) is 0. The Morgan fingerprint density at radius 2 is 2.00 bits per heavy atom. The molecule has 2 saturated heterocycles. The molecule has 2 aliphatic rings. The van der Waals surface area contributed by atoms with Crippen LogP contribution in [0.3, 0.4) is 0 Å². The predicted molar refractivity (Wildman–Crippen MR) is 41.1 cm³/mol. The van der Waals surface area contributed by atoms with E-state index >= 15 is 0 Å². The van der Waals surface area contributed by atoms with E-state index in [-0.39, 0.29) is 0 Å². The fourth-order valence-corrected chi connectivity index (χ4v) is 1.87. The first kappa shape index (κ1) is 7.53. The molecule has 3 heteroatoms. The second kappa shape index (κ2) is 3.09. The van der Waals surface area contributed by atoms with Gasteiger partial charge in [0.2, 0.25) is 0 Å². The summed E-state index contributed by atoms with van der Waals surface area (Å²) in [6.07, 6.45) is 3.32. The maximum absolute atomic E-state index is 5.65. The van der Waals surface area contributed by atoms with Gasteiger partial charge in [0.05, 0.1) is 31.9 Å². The first-order chi connectivity index (χ1) is 5.38. The summed E-state index contributed by atoms with van der Waals surface area (Å²) in [5, 5.41) is 2.05. The summed E-state index contributed by atoms with van der Waals surface area (Å²) in [7, 11) is 0. The molecule has 11 heavy (non-hydrogen) atoms. The van der Waals surface area contributed by atoms with Crippen LogP contribution in [0.5, 0.6) is 0 Å². The third kappa shape index (κ3) is 1.55. The highest BCUT2D eigenvalue weighted by Crippen LogP contribution is 2.25. The van der Waals surface area contributed by atoms with Crippen LogP contribution < -0.4 is 0 Å². The minimum absolute atomic E-state index is 0.445. The van der Waals surface area contributed by atoms with Crippen molar-refractivity contribution in [3.05, 3.63) is 0 Å². The SMILES string of the molecule is CCON1CC2CCC(C1)O2. The zero-order valence-corrected chi connectivity index (χ0v) is 6.95. The molecule has 0 aromatic heterocycles. The van der Waals surface area contributed by atoms with Crippen LogP contribution in [0.15, 0.2) is 0 Å². The fraction of sp³-hybridized carbons (Fsp3) is 1.00. The Balaban J connectivity index is 1.87. The Bertz CT molecular complexity index is 128. The van der Waals surface area contributed by atoms with Gasteiger partial charge in [-0.05, 0) is 19.8 Å². The lowest BCUT2D eigenvalue weighted by molar-refractivity contribution is -0.213. The van der Waals surface area contributed by atoms with Gasteiger partial charge in [-0.25, -0.2) is 0 Å². The van der Waals surface area contributed by atoms with Crippen LogP contribution in [0.2, 0.25) is 0 Å². The number of rotatable bonds is 2. The molecule has 2 atom stereocenters. The second-order valence-corrected chi connectivity index (χ2v) is 3.22. The highest BCUT2D eigenvalue weighted by molar-refractivity contribution is 4.81. The molecule has 0 saturated carbocycles. The number of hydrogen-bond acceptors (Lipinski definition) is 3. The summed E-state index contributed by atoms with van der Waals surface area (Å²) in [4.78, 5) is 5.42. The van der Waals surface area contributed by atoms with Crippen LogP contribution in [-0.2, 0) is 9.57 Å². The van der Waals surface area contributed by atoms with E-state index in [1.807, 2.05) is 12.0 Å². The van der Waals surface area contributed by atoms with Gasteiger partial charge in [0, 0.05) is 0 Å². The lowest BCUT2D eigenvalue weighted by Gasteiger charge is -2.30. The van der Waals surface area contributed by atoms with Crippen molar-refractivity contribution in [1.29, 1.82) is 0 Å². The number of morpholine rings is 1. The van der Waals surface area contributed by atoms with E-state index in [4.69, 9.17) is 9.57 Å². The van der Waals surface area contributed by atoms with E-state index in [1.54, 1.807) is 0 Å². The molecular weight excluding hydrogens is 142 g/mol. The Hall–Kier alpha value is -0.120. The number of nitrogens with zero attached hydrogens (tertiary/aromatic N) is 1. The highest BCUT2D eigenvalue weighted by Gasteiger charge is 2.33. The molecule has 0 aliphatic carbocycles. The minimum Gasteiger partial charge on any atom is -0.372 e. The first-order valence-electron chi connectivity index (χ1n) is 4.42. The van der Waals surface area contributed by atoms with E-state index in [2.05, 4.69) is 0 Å². The summed E-state index contributed by atoms with van der Waals surface area (Å²) < 4.78 is 5.65. The number of fused-ring (bicyclic) bond motifs is 2. The van der Waals surface area contributed by atoms with Crippen molar-refractivity contribution < 1.29 is 9.57 Å². The van der Waals surface area contributed by atoms with Crippen LogP contribution in [-0.4, -0.2) is 37.0 Å². The molecule has 2 fully saturated rings. The molecule has 2 rings (SSSR count). The summed E-state index contributed by atoms with van der Waals surface area (Å²) in [6, 6.07) is 0. The van der Waals surface area contributed by atoms with Gasteiger partial charge in [0.1, 0.15) is 0 Å². The normalized spacial score (nSPS) is 37.9. The van der Waals surface area contributed by atoms with Crippen LogP contribution in [0, 0.1) is 0 Å². The van der Waals surface area contributed by atoms with Gasteiger partial charge in [-0.1, -0.05) is 0 Å². The van der Waals surface area contributed by atoms with Crippen molar-refractivity contribution >= 4 is 0 Å². The molecule has 0 aromatic carbocycles. The molecule has 0 N–H and O–H groups in total. The average Bonchev–Trinajstić information content (AvgIpc) is 2.32. The average molecular weight is 157 g/mol. The van der Waals surface area contributed by atoms with Crippen molar-refractivity contribution in [2.24, 2.45) is 0 Å². The van der Waals surface area contributed by atoms with E-state index < -0.39 is 0 Å². The Kier molecular flexibility index (Phi) is 2.11. The van der Waals surface area contributed by atoms with Crippen LogP contribution >= 0.6 is 0 Å². The van der Waals surface area contributed by atoms with E-state index in [0.29, 0.717) is 12.2 Å². The summed E-state index contributed by atoms with van der Waals surface area (Å²) >= 11 is 0. The monoisotopic (exact) mass is 157 g/mol. The molecule has 2 heterocycles. The van der Waals surface area contributed by atoms with Crippen molar-refractivity contribution in [2.45, 2.75) is 32.0 Å². The number of hydroxylamine groups is 2. The maximum atomic E-state index is 5.65. The zero-order valence-electron chi connectivity index (χ0n) is 6.95. The van der Waals surface area contributed by atoms with E-state index in [0.717, 1.165) is 19.7 Å². The Morgan fingerprint density at radius 1 is 1.36 bits per heavy atom. The molecule has 64 valence electrons. The number of ether oxygens (including phenoxy) is 1. The van der Waals surface area contributed by atoms with Gasteiger partial charge >= 0.3 is 0 Å². The molecule has 0 radical (unpaired) electrons. The van der Waals surface area contributed by atoms with Gasteiger partial charge in [0.15, 0.2) is 0 Å². The lowest BCUT2D eigenvalue weighted by Crippen LogP contribution is -2.42. The van der Waals surface area contributed by atoms with E-state index in [9.17, 15) is 0 Å². The maximum Gasteiger partial charge on any atom is 0.0730 e. The third-order valence-electron chi connectivity index (χ3n) is 2.32. The molecule has 0 aromatic rings. The van der Waals surface area contributed by atoms with Gasteiger partial charge in [-0.2, -0.15) is 5.06 Å². The molecule has 2 aliphatic heterocycles. The molecule has 0 amide bonds. The van der Waals surface area contributed by atoms with Crippen molar-refractivity contribution in [1.82, 2.24) is 5.06 Å². The van der Waals surface area contributed by atoms with Crippen LogP contribution in [0.1, 0.15) is 19.8 Å². The van der Waals surface area contributed by atoms with Gasteiger partial charge in [-0.3, -0.25) is 4.84 Å². The van der Waals surface area contributed by atoms with Gasteiger partial charge < -0.3 is 4.74 Å². The quantitative estimate of drug-likeness (QED) is 0.592. The summed E-state index contributed by atoms with van der Waals surface area (Å²) in [5.41, 5.74) is 0. The molecule has 3 nitrogen and oxygen atoms in total. The number of hydrogen-bond donors (Lipinski definition) is 0. The van der Waals surface area contributed by atoms with Crippen LogP contribution in [0.25, 0.3) is 0 Å². The summed E-state index contributed by atoms with van der Waals surface area (Å²) in [6.45, 7) is 4.73. The second-order valence-electron chi connectivity index (χ2n) is 3.22.